The second-order valence-electron chi connectivity index (χ2n) is 4.95. The largest absolute Gasteiger partial charge is 0.392 e. The van der Waals surface area contributed by atoms with Crippen LogP contribution in [0.25, 0.3) is 0 Å². The van der Waals surface area contributed by atoms with Crippen LogP contribution in [0, 0.1) is 12.8 Å². The number of nitrogens with one attached hydrogen (secondary N) is 2. The minimum Gasteiger partial charge on any atom is -0.392 e. The van der Waals surface area contributed by atoms with E-state index in [1.807, 2.05) is 26.8 Å². The molecule has 106 valence electrons. The normalized spacial score (nSPS) is 12.5. The number of rotatable bonds is 6. The van der Waals surface area contributed by atoms with Crippen molar-refractivity contribution in [1.29, 1.82) is 0 Å². The Labute approximate surface area is 119 Å². The molecule has 0 heterocycles. The molecule has 1 rings (SSSR count). The number of hydrogen-bond acceptors (Lipinski definition) is 3. The summed E-state index contributed by atoms with van der Waals surface area (Å²) in [4.78, 5) is 11.7. The molecule has 1 atom stereocenters. The molecule has 0 radical (unpaired) electrons. The van der Waals surface area contributed by atoms with E-state index >= 15 is 0 Å². The van der Waals surface area contributed by atoms with E-state index in [0.717, 1.165) is 5.56 Å². The molecular formula is C14H21ClN2O2. The van der Waals surface area contributed by atoms with E-state index in [2.05, 4.69) is 10.6 Å². The fourth-order valence-corrected chi connectivity index (χ4v) is 1.66. The number of hydrogen-bond donors (Lipinski definition) is 3. The van der Waals surface area contributed by atoms with E-state index in [1.165, 1.54) is 0 Å². The minimum atomic E-state index is -0.444. The second-order valence-corrected chi connectivity index (χ2v) is 5.39. The summed E-state index contributed by atoms with van der Waals surface area (Å²) in [6, 6.07) is 5.36. The SMILES string of the molecule is Cc1ccc(Cl)cc1NC(=O)CNCC(O)C(C)C. The average molecular weight is 285 g/mol. The van der Waals surface area contributed by atoms with Crippen LogP contribution in [0.15, 0.2) is 18.2 Å². The van der Waals surface area contributed by atoms with Crippen molar-refractivity contribution in [2.24, 2.45) is 5.92 Å². The van der Waals surface area contributed by atoms with Crippen molar-refractivity contribution in [3.8, 4) is 0 Å². The zero-order valence-electron chi connectivity index (χ0n) is 11.5. The van der Waals surface area contributed by atoms with E-state index in [9.17, 15) is 9.90 Å². The summed E-state index contributed by atoms with van der Waals surface area (Å²) in [5.41, 5.74) is 1.67. The fraction of sp³-hybridized carbons (Fsp3) is 0.500. The number of anilines is 1. The van der Waals surface area contributed by atoms with Crippen molar-refractivity contribution in [3.63, 3.8) is 0 Å². The molecule has 1 amide bonds. The summed E-state index contributed by atoms with van der Waals surface area (Å²) >= 11 is 5.88. The van der Waals surface area contributed by atoms with Crippen molar-refractivity contribution in [2.75, 3.05) is 18.4 Å². The topological polar surface area (TPSA) is 61.4 Å². The number of aliphatic hydroxyl groups is 1. The first-order chi connectivity index (χ1) is 8.90. The number of amides is 1. The maximum absolute atomic E-state index is 11.7. The summed E-state index contributed by atoms with van der Waals surface area (Å²) in [6.45, 7) is 6.33. The monoisotopic (exact) mass is 284 g/mol. The highest BCUT2D eigenvalue weighted by Crippen LogP contribution is 2.19. The Morgan fingerprint density at radius 3 is 2.74 bits per heavy atom. The Bertz CT molecular complexity index is 435. The number of aryl methyl sites for hydroxylation is 1. The van der Waals surface area contributed by atoms with Gasteiger partial charge >= 0.3 is 0 Å². The van der Waals surface area contributed by atoms with E-state index in [0.29, 0.717) is 17.3 Å². The first-order valence-electron chi connectivity index (χ1n) is 6.35. The quantitative estimate of drug-likeness (QED) is 0.750. The summed E-state index contributed by atoms with van der Waals surface area (Å²) in [7, 11) is 0. The van der Waals surface area contributed by atoms with Gasteiger partial charge < -0.3 is 15.7 Å². The molecule has 0 spiro atoms. The summed E-state index contributed by atoms with van der Waals surface area (Å²) in [5.74, 6) is 0.0204. The van der Waals surface area contributed by atoms with Crippen molar-refractivity contribution >= 4 is 23.2 Å². The Balaban J connectivity index is 2.41. The molecule has 5 heteroatoms. The van der Waals surface area contributed by atoms with Crippen LogP contribution in [0.5, 0.6) is 0 Å². The molecule has 0 saturated heterocycles. The maximum atomic E-state index is 11.7. The molecule has 4 nitrogen and oxygen atoms in total. The molecule has 0 aliphatic rings. The molecule has 3 N–H and O–H groups in total. The van der Waals surface area contributed by atoms with Crippen LogP contribution < -0.4 is 10.6 Å². The Morgan fingerprint density at radius 1 is 1.42 bits per heavy atom. The van der Waals surface area contributed by atoms with Gasteiger partial charge in [0, 0.05) is 17.3 Å². The van der Waals surface area contributed by atoms with Gasteiger partial charge in [0.1, 0.15) is 0 Å². The Kier molecular flexibility index (Phi) is 6.28. The molecule has 0 fully saturated rings. The zero-order chi connectivity index (χ0) is 14.4. The first-order valence-corrected chi connectivity index (χ1v) is 6.72. The summed E-state index contributed by atoms with van der Waals surface area (Å²) < 4.78 is 0. The van der Waals surface area contributed by atoms with Crippen LogP contribution in [-0.2, 0) is 4.79 Å². The second kappa shape index (κ2) is 7.48. The standard InChI is InChI=1S/C14H21ClN2O2/c1-9(2)13(18)7-16-8-14(19)17-12-6-11(15)5-4-10(12)3/h4-6,9,13,16,18H,7-8H2,1-3H3,(H,17,19). The first kappa shape index (κ1) is 16.0. The minimum absolute atomic E-state index is 0.152. The third-order valence-electron chi connectivity index (χ3n) is 2.88. The third-order valence-corrected chi connectivity index (χ3v) is 3.12. The lowest BCUT2D eigenvalue weighted by atomic mass is 10.1. The molecule has 0 saturated carbocycles. The molecule has 0 bridgehead atoms. The molecule has 19 heavy (non-hydrogen) atoms. The van der Waals surface area contributed by atoms with Gasteiger partial charge in [-0.05, 0) is 30.5 Å². The van der Waals surface area contributed by atoms with Crippen LogP contribution in [0.3, 0.4) is 0 Å². The van der Waals surface area contributed by atoms with Gasteiger partial charge in [-0.25, -0.2) is 0 Å². The maximum Gasteiger partial charge on any atom is 0.238 e. The molecule has 0 aromatic heterocycles. The van der Waals surface area contributed by atoms with Gasteiger partial charge in [-0.2, -0.15) is 0 Å². The van der Waals surface area contributed by atoms with Crippen molar-refractivity contribution < 1.29 is 9.90 Å². The smallest absolute Gasteiger partial charge is 0.238 e. The van der Waals surface area contributed by atoms with Crippen LogP contribution in [-0.4, -0.2) is 30.2 Å². The molecule has 1 aromatic rings. The third kappa shape index (κ3) is 5.59. The van der Waals surface area contributed by atoms with Crippen LogP contribution in [0.2, 0.25) is 5.02 Å². The predicted octanol–water partition coefficient (Wildman–Crippen LogP) is 2.19. The molecule has 1 aromatic carbocycles. The number of benzene rings is 1. The van der Waals surface area contributed by atoms with Gasteiger partial charge in [-0.3, -0.25) is 4.79 Å². The Hall–Kier alpha value is -1.10. The van der Waals surface area contributed by atoms with Gasteiger partial charge in [0.05, 0.1) is 12.6 Å². The van der Waals surface area contributed by atoms with E-state index in [1.54, 1.807) is 12.1 Å². The number of carbonyl (C=O) groups excluding carboxylic acids is 1. The van der Waals surface area contributed by atoms with Gasteiger partial charge in [-0.15, -0.1) is 0 Å². The fourth-order valence-electron chi connectivity index (χ4n) is 1.49. The summed E-state index contributed by atoms with van der Waals surface area (Å²) in [5, 5.41) is 15.9. The highest BCUT2D eigenvalue weighted by atomic mass is 35.5. The summed E-state index contributed by atoms with van der Waals surface area (Å²) in [6.07, 6.45) is -0.444. The van der Waals surface area contributed by atoms with E-state index in [4.69, 9.17) is 11.6 Å². The van der Waals surface area contributed by atoms with Crippen molar-refractivity contribution in [2.45, 2.75) is 26.9 Å². The van der Waals surface area contributed by atoms with Crippen LogP contribution >= 0.6 is 11.6 Å². The van der Waals surface area contributed by atoms with Crippen LogP contribution in [0.4, 0.5) is 5.69 Å². The lowest BCUT2D eigenvalue weighted by Gasteiger charge is -2.15. The number of halogens is 1. The van der Waals surface area contributed by atoms with E-state index < -0.39 is 6.10 Å². The highest BCUT2D eigenvalue weighted by Gasteiger charge is 2.10. The Morgan fingerprint density at radius 2 is 2.11 bits per heavy atom. The number of carbonyl (C=O) groups is 1. The highest BCUT2D eigenvalue weighted by molar-refractivity contribution is 6.31. The van der Waals surface area contributed by atoms with Crippen molar-refractivity contribution in [1.82, 2.24) is 5.32 Å². The van der Waals surface area contributed by atoms with E-state index in [-0.39, 0.29) is 18.4 Å². The van der Waals surface area contributed by atoms with Gasteiger partial charge in [-0.1, -0.05) is 31.5 Å². The average Bonchev–Trinajstić information content (AvgIpc) is 2.33. The molecule has 1 unspecified atom stereocenters. The predicted molar refractivity (Wildman–Crippen MR) is 78.5 cm³/mol. The van der Waals surface area contributed by atoms with Gasteiger partial charge in [0.2, 0.25) is 5.91 Å². The van der Waals surface area contributed by atoms with Gasteiger partial charge in [0.15, 0.2) is 0 Å². The molecule has 0 aliphatic carbocycles. The van der Waals surface area contributed by atoms with Crippen molar-refractivity contribution in [3.05, 3.63) is 28.8 Å². The number of aliphatic hydroxyl groups excluding tert-OH is 1. The van der Waals surface area contributed by atoms with Crippen LogP contribution in [0.1, 0.15) is 19.4 Å². The molecular weight excluding hydrogens is 264 g/mol. The lowest BCUT2D eigenvalue weighted by molar-refractivity contribution is -0.115. The zero-order valence-corrected chi connectivity index (χ0v) is 12.3. The van der Waals surface area contributed by atoms with Gasteiger partial charge in [0.25, 0.3) is 0 Å². The lowest BCUT2D eigenvalue weighted by Crippen LogP contribution is -2.35. The molecule has 0 aliphatic heterocycles.